The van der Waals surface area contributed by atoms with Gasteiger partial charge in [0.25, 0.3) is 0 Å². The first-order valence-electron chi connectivity index (χ1n) is 6.91. The number of benzene rings is 1. The van der Waals surface area contributed by atoms with Gasteiger partial charge in [0.2, 0.25) is 5.12 Å². The van der Waals surface area contributed by atoms with E-state index in [2.05, 4.69) is 16.8 Å². The van der Waals surface area contributed by atoms with E-state index in [0.29, 0.717) is 11.3 Å². The van der Waals surface area contributed by atoms with Crippen LogP contribution in [0.4, 0.5) is 0 Å². The number of hydrogen-bond donors (Lipinski definition) is 0. The van der Waals surface area contributed by atoms with Gasteiger partial charge in [0.05, 0.1) is 0 Å². The number of likely N-dealkylation sites (N-methyl/N-ethyl adjacent to an activating group) is 1. The lowest BCUT2D eigenvalue weighted by atomic mass is 10.2. The second-order valence-corrected chi connectivity index (χ2v) is 6.81. The average Bonchev–Trinajstić information content (AvgIpc) is 2.81. The molecule has 1 aromatic rings. The predicted molar refractivity (Wildman–Crippen MR) is 79.6 cm³/mol. The first-order valence-corrected chi connectivity index (χ1v) is 7.79. The highest BCUT2D eigenvalue weighted by Crippen LogP contribution is 2.31. The highest BCUT2D eigenvalue weighted by Gasteiger charge is 2.36. The predicted octanol–water partition coefficient (Wildman–Crippen LogP) is 1.95. The van der Waals surface area contributed by atoms with E-state index < -0.39 is 0 Å². The summed E-state index contributed by atoms with van der Waals surface area (Å²) in [5.41, 5.74) is 0.828. The zero-order valence-corrected chi connectivity index (χ0v) is 12.1. The van der Waals surface area contributed by atoms with Crippen LogP contribution in [0.15, 0.2) is 30.3 Å². The van der Waals surface area contributed by atoms with Gasteiger partial charge in [-0.3, -0.25) is 9.69 Å². The molecule has 2 atom stereocenters. The van der Waals surface area contributed by atoms with Crippen molar-refractivity contribution in [3.8, 4) is 0 Å². The monoisotopic (exact) mass is 276 g/mol. The van der Waals surface area contributed by atoms with Gasteiger partial charge in [-0.1, -0.05) is 42.1 Å². The van der Waals surface area contributed by atoms with Gasteiger partial charge >= 0.3 is 0 Å². The number of carbonyl (C=O) groups excluding carboxylic acids is 1. The number of rotatable bonds is 2. The summed E-state index contributed by atoms with van der Waals surface area (Å²) >= 11 is 1.53. The fourth-order valence-electron chi connectivity index (χ4n) is 3.03. The second kappa shape index (κ2) is 5.65. The third-order valence-corrected chi connectivity index (χ3v) is 5.19. The summed E-state index contributed by atoms with van der Waals surface area (Å²) in [5, 5.41) is 0.683. The van der Waals surface area contributed by atoms with E-state index in [0.717, 1.165) is 38.2 Å². The summed E-state index contributed by atoms with van der Waals surface area (Å²) in [6.45, 7) is 4.52. The fraction of sp³-hybridized carbons (Fsp3) is 0.533. The molecule has 0 spiro atoms. The van der Waals surface area contributed by atoms with E-state index in [1.165, 1.54) is 11.8 Å². The normalized spacial score (nSPS) is 28.3. The topological polar surface area (TPSA) is 23.6 Å². The summed E-state index contributed by atoms with van der Waals surface area (Å²) in [7, 11) is 2.19. The van der Waals surface area contributed by atoms with Crippen LogP contribution in [0.2, 0.25) is 0 Å². The molecule has 3 rings (SSSR count). The molecule has 1 aromatic carbocycles. The molecule has 102 valence electrons. The molecule has 0 radical (unpaired) electrons. The third-order valence-electron chi connectivity index (χ3n) is 4.06. The highest BCUT2D eigenvalue weighted by atomic mass is 32.2. The van der Waals surface area contributed by atoms with Gasteiger partial charge in [0.1, 0.15) is 0 Å². The fourth-order valence-corrected chi connectivity index (χ4v) is 4.19. The lowest BCUT2D eigenvalue weighted by molar-refractivity contribution is 0.108. The van der Waals surface area contributed by atoms with Gasteiger partial charge in [-0.15, -0.1) is 0 Å². The van der Waals surface area contributed by atoms with Gasteiger partial charge in [0.15, 0.2) is 0 Å². The van der Waals surface area contributed by atoms with Crippen molar-refractivity contribution in [2.45, 2.75) is 17.7 Å². The minimum Gasteiger partial charge on any atom is -0.304 e. The molecular weight excluding hydrogens is 256 g/mol. The van der Waals surface area contributed by atoms with Crippen LogP contribution in [0.25, 0.3) is 0 Å². The lowest BCUT2D eigenvalue weighted by Gasteiger charge is -2.35. The van der Waals surface area contributed by atoms with Gasteiger partial charge in [-0.05, 0) is 13.5 Å². The minimum atomic E-state index is 0.221. The zero-order chi connectivity index (χ0) is 13.2. The van der Waals surface area contributed by atoms with Crippen molar-refractivity contribution in [3.05, 3.63) is 35.9 Å². The molecular formula is C15H20N2OS. The minimum absolute atomic E-state index is 0.221. The standard InChI is InChI=1S/C15H20N2OS/c1-16-7-8-17-11-14(9-13(17)10-16)19-15(18)12-5-3-2-4-6-12/h2-6,13-14H,7-11H2,1H3/t13-,14-/m0/s1. The highest BCUT2D eigenvalue weighted by molar-refractivity contribution is 8.14. The van der Waals surface area contributed by atoms with Crippen LogP contribution in [0.5, 0.6) is 0 Å². The first kappa shape index (κ1) is 13.2. The molecule has 0 aromatic heterocycles. The SMILES string of the molecule is CN1CCN2C[C@@H](SC(=O)c3ccccc3)C[C@H]2C1. The summed E-state index contributed by atoms with van der Waals surface area (Å²) in [6.07, 6.45) is 1.15. The summed E-state index contributed by atoms with van der Waals surface area (Å²) in [4.78, 5) is 17.2. The van der Waals surface area contributed by atoms with Gasteiger partial charge < -0.3 is 4.90 Å². The Bertz CT molecular complexity index is 451. The Morgan fingerprint density at radius 2 is 2.00 bits per heavy atom. The maximum atomic E-state index is 12.2. The van der Waals surface area contributed by atoms with Crippen LogP contribution in [0.1, 0.15) is 16.8 Å². The van der Waals surface area contributed by atoms with Crippen LogP contribution in [0, 0.1) is 0 Å². The number of hydrogen-bond acceptors (Lipinski definition) is 4. The molecule has 2 fully saturated rings. The molecule has 0 N–H and O–H groups in total. The molecule has 0 aliphatic carbocycles. The van der Waals surface area contributed by atoms with Crippen molar-refractivity contribution < 1.29 is 4.79 Å². The maximum Gasteiger partial charge on any atom is 0.219 e. The van der Waals surface area contributed by atoms with Crippen LogP contribution in [-0.4, -0.2) is 59.4 Å². The Balaban J connectivity index is 1.59. The van der Waals surface area contributed by atoms with Crippen LogP contribution >= 0.6 is 11.8 Å². The Morgan fingerprint density at radius 1 is 1.21 bits per heavy atom. The second-order valence-electron chi connectivity index (χ2n) is 5.54. The van der Waals surface area contributed by atoms with Crippen LogP contribution < -0.4 is 0 Å². The van der Waals surface area contributed by atoms with Gasteiger partial charge in [-0.2, -0.15) is 0 Å². The number of carbonyl (C=O) groups is 1. The zero-order valence-electron chi connectivity index (χ0n) is 11.3. The Hall–Kier alpha value is -0.840. The summed E-state index contributed by atoms with van der Waals surface area (Å²) < 4.78 is 0. The molecule has 2 heterocycles. The van der Waals surface area contributed by atoms with Crippen molar-refractivity contribution in [2.24, 2.45) is 0 Å². The number of thioether (sulfide) groups is 1. The van der Waals surface area contributed by atoms with E-state index in [9.17, 15) is 4.79 Å². The molecule has 0 unspecified atom stereocenters. The molecule has 2 aliphatic rings. The van der Waals surface area contributed by atoms with E-state index in [-0.39, 0.29) is 5.12 Å². The van der Waals surface area contributed by atoms with Crippen molar-refractivity contribution in [2.75, 3.05) is 33.2 Å². The number of nitrogens with zero attached hydrogens (tertiary/aromatic N) is 2. The summed E-state index contributed by atoms with van der Waals surface area (Å²) in [6, 6.07) is 10.3. The molecule has 3 nitrogen and oxygen atoms in total. The van der Waals surface area contributed by atoms with Crippen LogP contribution in [-0.2, 0) is 0 Å². The lowest BCUT2D eigenvalue weighted by Crippen LogP contribution is -2.48. The quantitative estimate of drug-likeness (QED) is 0.824. The van der Waals surface area contributed by atoms with E-state index in [4.69, 9.17) is 0 Å². The molecule has 0 saturated carbocycles. The molecule has 0 bridgehead atoms. The van der Waals surface area contributed by atoms with Crippen molar-refractivity contribution >= 4 is 16.9 Å². The van der Waals surface area contributed by atoms with E-state index in [1.54, 1.807) is 0 Å². The largest absolute Gasteiger partial charge is 0.304 e. The smallest absolute Gasteiger partial charge is 0.219 e. The Kier molecular flexibility index (Phi) is 3.91. The maximum absolute atomic E-state index is 12.2. The van der Waals surface area contributed by atoms with E-state index >= 15 is 0 Å². The molecule has 4 heteroatoms. The summed E-state index contributed by atoms with van der Waals surface area (Å²) in [5.74, 6) is 0. The van der Waals surface area contributed by atoms with Crippen molar-refractivity contribution in [1.29, 1.82) is 0 Å². The Morgan fingerprint density at radius 3 is 2.79 bits per heavy atom. The van der Waals surface area contributed by atoms with E-state index in [1.807, 2.05) is 30.3 Å². The molecule has 19 heavy (non-hydrogen) atoms. The molecule has 2 aliphatic heterocycles. The van der Waals surface area contributed by atoms with Gasteiger partial charge in [0, 0.05) is 43.0 Å². The average molecular weight is 276 g/mol. The van der Waals surface area contributed by atoms with Crippen molar-refractivity contribution in [3.63, 3.8) is 0 Å². The first-order chi connectivity index (χ1) is 9.22. The third kappa shape index (κ3) is 3.02. The Labute approximate surface area is 119 Å². The number of fused-ring (bicyclic) bond motifs is 1. The number of piperazine rings is 1. The molecule has 2 saturated heterocycles. The van der Waals surface area contributed by atoms with Gasteiger partial charge in [-0.25, -0.2) is 0 Å². The molecule has 0 amide bonds. The van der Waals surface area contributed by atoms with Crippen LogP contribution in [0.3, 0.4) is 0 Å². The van der Waals surface area contributed by atoms with Crippen molar-refractivity contribution in [1.82, 2.24) is 9.80 Å².